The number of anilines is 1. The highest BCUT2D eigenvalue weighted by Gasteiger charge is 2.38. The van der Waals surface area contributed by atoms with Gasteiger partial charge in [-0.2, -0.15) is 4.98 Å². The second-order valence-electron chi connectivity index (χ2n) is 5.38. The van der Waals surface area contributed by atoms with Crippen molar-refractivity contribution in [1.82, 2.24) is 10.1 Å². The van der Waals surface area contributed by atoms with Crippen LogP contribution in [0, 0.1) is 5.41 Å². The molecule has 7 heteroatoms. The molecule has 3 rings (SSSR count). The second-order valence-corrected chi connectivity index (χ2v) is 5.38. The SMILES string of the molecule is NCC1(C(=O)Nc2ccc(-c3ncon3)cc2)CCOCC1. The van der Waals surface area contributed by atoms with E-state index in [1.165, 1.54) is 6.39 Å². The van der Waals surface area contributed by atoms with Crippen molar-refractivity contribution in [3.05, 3.63) is 30.7 Å². The molecule has 0 saturated carbocycles. The van der Waals surface area contributed by atoms with Gasteiger partial charge in [0, 0.05) is 31.0 Å². The smallest absolute Gasteiger partial charge is 0.232 e. The van der Waals surface area contributed by atoms with E-state index < -0.39 is 5.41 Å². The molecule has 0 spiro atoms. The van der Waals surface area contributed by atoms with Gasteiger partial charge < -0.3 is 20.3 Å². The van der Waals surface area contributed by atoms with E-state index >= 15 is 0 Å². The quantitative estimate of drug-likeness (QED) is 0.885. The highest BCUT2D eigenvalue weighted by Crippen LogP contribution is 2.31. The Kier molecular flexibility index (Phi) is 4.17. The van der Waals surface area contributed by atoms with E-state index in [9.17, 15) is 4.79 Å². The molecule has 7 nitrogen and oxygen atoms in total. The number of ether oxygens (including phenoxy) is 1. The first-order chi connectivity index (χ1) is 10.7. The third kappa shape index (κ3) is 2.86. The van der Waals surface area contributed by atoms with Crippen LogP contribution in [0.25, 0.3) is 11.4 Å². The molecule has 1 aromatic carbocycles. The van der Waals surface area contributed by atoms with Crippen molar-refractivity contribution in [1.29, 1.82) is 0 Å². The van der Waals surface area contributed by atoms with E-state index in [2.05, 4.69) is 15.5 Å². The molecule has 0 radical (unpaired) electrons. The number of rotatable bonds is 4. The lowest BCUT2D eigenvalue weighted by atomic mass is 9.79. The Hall–Kier alpha value is -2.25. The van der Waals surface area contributed by atoms with Crippen LogP contribution < -0.4 is 11.1 Å². The summed E-state index contributed by atoms with van der Waals surface area (Å²) in [7, 11) is 0. The zero-order chi connectivity index (χ0) is 15.4. The van der Waals surface area contributed by atoms with Crippen molar-refractivity contribution >= 4 is 11.6 Å². The maximum absolute atomic E-state index is 12.5. The van der Waals surface area contributed by atoms with Gasteiger partial charge in [0.05, 0.1) is 5.41 Å². The lowest BCUT2D eigenvalue weighted by Crippen LogP contribution is -2.46. The number of carbonyl (C=O) groups is 1. The third-order valence-corrected chi connectivity index (χ3v) is 4.08. The maximum atomic E-state index is 12.5. The van der Waals surface area contributed by atoms with Crippen LogP contribution in [0.5, 0.6) is 0 Å². The van der Waals surface area contributed by atoms with E-state index in [-0.39, 0.29) is 5.91 Å². The molecular formula is C15H18N4O3. The van der Waals surface area contributed by atoms with Gasteiger partial charge in [0.25, 0.3) is 0 Å². The number of carbonyl (C=O) groups excluding carboxylic acids is 1. The second kappa shape index (κ2) is 6.25. The van der Waals surface area contributed by atoms with Crippen molar-refractivity contribution in [3.63, 3.8) is 0 Å². The lowest BCUT2D eigenvalue weighted by Gasteiger charge is -2.34. The van der Waals surface area contributed by atoms with Gasteiger partial charge >= 0.3 is 0 Å². The van der Waals surface area contributed by atoms with Crippen LogP contribution in [0.2, 0.25) is 0 Å². The minimum absolute atomic E-state index is 0.0504. The van der Waals surface area contributed by atoms with Gasteiger partial charge in [-0.05, 0) is 37.1 Å². The molecule has 1 fully saturated rings. The van der Waals surface area contributed by atoms with Crippen molar-refractivity contribution in [3.8, 4) is 11.4 Å². The summed E-state index contributed by atoms with van der Waals surface area (Å²) in [5.41, 5.74) is 6.85. The molecule has 1 saturated heterocycles. The van der Waals surface area contributed by atoms with E-state index in [0.717, 1.165) is 11.3 Å². The van der Waals surface area contributed by atoms with Crippen molar-refractivity contribution in [2.24, 2.45) is 11.1 Å². The van der Waals surface area contributed by atoms with Crippen molar-refractivity contribution < 1.29 is 14.1 Å². The molecule has 1 aliphatic rings. The fraction of sp³-hybridized carbons (Fsp3) is 0.400. The van der Waals surface area contributed by atoms with Gasteiger partial charge in [0.15, 0.2) is 0 Å². The summed E-state index contributed by atoms with van der Waals surface area (Å²) >= 11 is 0. The number of hydrogen-bond donors (Lipinski definition) is 2. The van der Waals surface area contributed by atoms with Gasteiger partial charge in [-0.25, -0.2) is 0 Å². The number of nitrogens with one attached hydrogen (secondary N) is 1. The number of nitrogens with two attached hydrogens (primary N) is 1. The molecule has 2 aromatic rings. The highest BCUT2D eigenvalue weighted by atomic mass is 16.5. The fourth-order valence-electron chi connectivity index (χ4n) is 2.55. The number of hydrogen-bond acceptors (Lipinski definition) is 6. The first-order valence-corrected chi connectivity index (χ1v) is 7.20. The predicted molar refractivity (Wildman–Crippen MR) is 79.9 cm³/mol. The van der Waals surface area contributed by atoms with Crippen LogP contribution in [0.1, 0.15) is 12.8 Å². The summed E-state index contributed by atoms with van der Waals surface area (Å²) in [4.78, 5) is 16.5. The molecule has 22 heavy (non-hydrogen) atoms. The molecule has 0 aliphatic carbocycles. The Bertz CT molecular complexity index is 619. The molecule has 116 valence electrons. The summed E-state index contributed by atoms with van der Waals surface area (Å²) in [5.74, 6) is 0.464. The van der Waals surface area contributed by atoms with Gasteiger partial charge in [-0.3, -0.25) is 4.79 Å². The predicted octanol–water partition coefficient (Wildman–Crippen LogP) is 1.43. The Morgan fingerprint density at radius 2 is 2.00 bits per heavy atom. The fourth-order valence-corrected chi connectivity index (χ4v) is 2.55. The van der Waals surface area contributed by atoms with Crippen molar-refractivity contribution in [2.45, 2.75) is 12.8 Å². The van der Waals surface area contributed by atoms with Crippen LogP contribution in [0.15, 0.2) is 35.2 Å². The standard InChI is InChI=1S/C15H18N4O3/c16-9-15(5-7-21-8-6-15)14(20)18-12-3-1-11(2-4-12)13-17-10-22-19-13/h1-4,10H,5-9,16H2,(H,18,20). The Balaban J connectivity index is 1.71. The summed E-state index contributed by atoms with van der Waals surface area (Å²) in [5, 5.41) is 6.71. The molecule has 0 atom stereocenters. The number of nitrogens with zero attached hydrogens (tertiary/aromatic N) is 2. The zero-order valence-corrected chi connectivity index (χ0v) is 12.1. The number of aromatic nitrogens is 2. The van der Waals surface area contributed by atoms with E-state index in [1.54, 1.807) is 0 Å². The maximum Gasteiger partial charge on any atom is 0.232 e. The Morgan fingerprint density at radius 3 is 2.59 bits per heavy atom. The monoisotopic (exact) mass is 302 g/mol. The number of benzene rings is 1. The lowest BCUT2D eigenvalue weighted by molar-refractivity contribution is -0.130. The first kappa shape index (κ1) is 14.7. The van der Waals surface area contributed by atoms with Crippen molar-refractivity contribution in [2.75, 3.05) is 25.1 Å². The Morgan fingerprint density at radius 1 is 1.27 bits per heavy atom. The molecule has 1 amide bonds. The van der Waals surface area contributed by atoms with Gasteiger partial charge in [0.1, 0.15) is 0 Å². The summed E-state index contributed by atoms with van der Waals surface area (Å²) < 4.78 is 10.0. The average Bonchev–Trinajstić information content (AvgIpc) is 3.10. The van der Waals surface area contributed by atoms with Crippen LogP contribution in [-0.2, 0) is 9.53 Å². The molecule has 1 aromatic heterocycles. The first-order valence-electron chi connectivity index (χ1n) is 7.20. The minimum atomic E-state index is -0.537. The highest BCUT2D eigenvalue weighted by molar-refractivity contribution is 5.95. The molecule has 0 bridgehead atoms. The third-order valence-electron chi connectivity index (χ3n) is 4.08. The summed E-state index contributed by atoms with van der Waals surface area (Å²) in [6.07, 6.45) is 2.58. The average molecular weight is 302 g/mol. The molecular weight excluding hydrogens is 284 g/mol. The largest absolute Gasteiger partial charge is 0.381 e. The van der Waals surface area contributed by atoms with Gasteiger partial charge in [-0.15, -0.1) is 0 Å². The molecule has 0 unspecified atom stereocenters. The van der Waals surface area contributed by atoms with Crippen LogP contribution in [0.4, 0.5) is 5.69 Å². The zero-order valence-electron chi connectivity index (χ0n) is 12.1. The molecule has 3 N–H and O–H groups in total. The molecule has 2 heterocycles. The normalized spacial score (nSPS) is 17.1. The summed E-state index contributed by atoms with van der Waals surface area (Å²) in [6.45, 7) is 1.46. The van der Waals surface area contributed by atoms with Crippen LogP contribution in [-0.4, -0.2) is 35.8 Å². The molecule has 1 aliphatic heterocycles. The van der Waals surface area contributed by atoms with E-state index in [1.807, 2.05) is 24.3 Å². The van der Waals surface area contributed by atoms with Gasteiger partial charge in [-0.1, -0.05) is 5.16 Å². The van der Waals surface area contributed by atoms with Gasteiger partial charge in [0.2, 0.25) is 18.1 Å². The van der Waals surface area contributed by atoms with Crippen LogP contribution in [0.3, 0.4) is 0 Å². The van der Waals surface area contributed by atoms with E-state index in [4.69, 9.17) is 15.0 Å². The number of amides is 1. The van der Waals surface area contributed by atoms with Crippen LogP contribution >= 0.6 is 0 Å². The summed E-state index contributed by atoms with van der Waals surface area (Å²) in [6, 6.07) is 7.29. The minimum Gasteiger partial charge on any atom is -0.381 e. The Labute approximate surface area is 127 Å². The topological polar surface area (TPSA) is 103 Å². The van der Waals surface area contributed by atoms with E-state index in [0.29, 0.717) is 38.4 Å².